The number of carbonyl (C=O) groups is 10. The molecule has 0 unspecified atom stereocenters. The molecule has 4 atom stereocenters. The minimum Gasteiger partial charge on any atom is -1.00 e. The van der Waals surface area contributed by atoms with E-state index in [4.69, 9.17) is 60.1 Å². The van der Waals surface area contributed by atoms with Gasteiger partial charge in [-0.2, -0.15) is 10.2 Å². The van der Waals surface area contributed by atoms with Gasteiger partial charge >= 0.3 is 210 Å². The van der Waals surface area contributed by atoms with Crippen LogP contribution in [0.15, 0.2) is 121 Å². The van der Waals surface area contributed by atoms with Crippen LogP contribution in [0.3, 0.4) is 0 Å². The summed E-state index contributed by atoms with van der Waals surface area (Å²) in [7, 11) is 4.32. The zero-order valence-electron chi connectivity index (χ0n) is 81.3. The third kappa shape index (κ3) is 48.1. The number of amides is 2. The van der Waals surface area contributed by atoms with Crippen molar-refractivity contribution in [2.24, 2.45) is 11.8 Å². The van der Waals surface area contributed by atoms with Crippen molar-refractivity contribution in [3.8, 4) is 0 Å². The molecule has 7 aliphatic carbocycles. The van der Waals surface area contributed by atoms with Crippen molar-refractivity contribution in [1.29, 1.82) is 0 Å². The molecule has 0 bridgehead atoms. The Morgan fingerprint density at radius 2 is 0.881 bits per heavy atom. The first-order valence-corrected chi connectivity index (χ1v) is 45.9. The number of H-pyrrole nitrogens is 1. The van der Waals surface area contributed by atoms with E-state index in [2.05, 4.69) is 164 Å². The average molecular weight is 2160 g/mol. The maximum absolute atomic E-state index is 13.0. The first kappa shape index (κ1) is 129. The van der Waals surface area contributed by atoms with Crippen molar-refractivity contribution in [1.82, 2.24) is 29.8 Å². The number of anilines is 5. The third-order valence-electron chi connectivity index (χ3n) is 22.9. The average Bonchev–Trinajstić information content (AvgIpc) is 1.55. The summed E-state index contributed by atoms with van der Waals surface area (Å²) in [5.74, 6) is 0.608. The molecule has 2 saturated heterocycles. The number of aromatic nitrogens is 4. The van der Waals surface area contributed by atoms with Crippen molar-refractivity contribution in [2.75, 3.05) is 78.2 Å². The predicted molar refractivity (Wildman–Crippen MR) is 508 cm³/mol. The van der Waals surface area contributed by atoms with Crippen molar-refractivity contribution >= 4 is 130 Å². The number of hydrogen-bond donors (Lipinski definition) is 6. The minimum atomic E-state index is -0.639. The first-order valence-electron chi connectivity index (χ1n) is 44.5. The Labute approximate surface area is 961 Å². The number of carbonyl (C=O) groups excluding carboxylic acids is 10. The van der Waals surface area contributed by atoms with Crippen molar-refractivity contribution in [3.63, 3.8) is 0 Å². The van der Waals surface area contributed by atoms with Crippen LogP contribution in [-0.4, -0.2) is 178 Å². The molecule has 5 aromatic carbocycles. The molecule has 3 radical (unpaired) electrons. The van der Waals surface area contributed by atoms with Crippen LogP contribution in [0.4, 0.5) is 28.4 Å². The van der Waals surface area contributed by atoms with Crippen LogP contribution in [0.1, 0.15) is 261 Å². The first-order chi connectivity index (χ1) is 61.6. The summed E-state index contributed by atoms with van der Waals surface area (Å²) in [6, 6.07) is 43.8. The van der Waals surface area contributed by atoms with Crippen LogP contribution >= 0.6 is 34.8 Å². The summed E-state index contributed by atoms with van der Waals surface area (Å²) in [5, 5.41) is 33.9. The Kier molecular flexibility index (Phi) is 69.8. The van der Waals surface area contributed by atoms with Crippen LogP contribution in [0.2, 0.25) is 0 Å². The SMILES string of the molecule is C.CC(=O)OOC(C)=O.CCOC(=O)c1n[nH]c2c1[C@@H]1C[C@@H]1C2.CCOC(=O)c1nn(CC(=O)N2CCC(Nc3ccccc3C)CC2)c2c1[C@@H]1C[C@@H]1C2.Cc1ccccc1N.Cc1ccccc1NC1CCCCC1.Cc1ccccc1NC1CCCCC1.Cc1ccccc1NC1CCN(C(=O)CCl)CC1.O=C(Cl)CCl.O=C1CCCCC1.O=CO[O-].[B-]OC(C)=O.[Cs+].[Cs+].[H-].[Li+].[Na+].[OH-]. The molecule has 0 spiro atoms. The number of aryl methyl sites for hydroxylation is 5. The van der Waals surface area contributed by atoms with Crippen LogP contribution < -0.4 is 218 Å². The number of likely N-dealkylation sites (tertiary alicyclic amines) is 2. The van der Waals surface area contributed by atoms with E-state index in [1.165, 1.54) is 129 Å². The van der Waals surface area contributed by atoms with Crippen LogP contribution in [0.25, 0.3) is 0 Å². The maximum atomic E-state index is 13.0. The number of hydrogen-bond acceptors (Lipinski definition) is 25. The Balaban J connectivity index is 0. The van der Waals surface area contributed by atoms with E-state index in [0.717, 1.165) is 150 Å². The van der Waals surface area contributed by atoms with E-state index in [-0.39, 0.29) is 249 Å². The normalized spacial score (nSPS) is 16.8. The molecule has 2 amide bonds. The number of nitrogens with two attached hydrogens (primary N) is 1. The molecule has 2 aromatic heterocycles. The Morgan fingerprint density at radius 1 is 0.537 bits per heavy atom. The van der Waals surface area contributed by atoms with Crippen LogP contribution in [0.5, 0.6) is 0 Å². The monoisotopic (exact) mass is 2150 g/mol. The second kappa shape index (κ2) is 72.4. The zero-order chi connectivity index (χ0) is 93.5. The minimum absolute atomic E-state index is 0. The zero-order valence-corrected chi connectivity index (χ0v) is 97.1. The molecule has 16 rings (SSSR count). The van der Waals surface area contributed by atoms with Gasteiger partial charge in [-0.3, -0.25) is 38.5 Å². The van der Waals surface area contributed by atoms with Crippen molar-refractivity contribution in [3.05, 3.63) is 183 Å². The third-order valence-corrected chi connectivity index (χ3v) is 23.7. The number of Topliss-reactive ketones (excluding diaryl/α,β-unsaturated/α-hetero) is 1. The van der Waals surface area contributed by atoms with Gasteiger partial charge in [0.05, 0.1) is 19.1 Å². The number of fused-ring (bicyclic) bond motifs is 6. The number of nitrogens with zero attached hydrogens (tertiary/aromatic N) is 5. The van der Waals surface area contributed by atoms with Crippen LogP contribution in [0, 0.1) is 46.5 Å². The van der Waals surface area contributed by atoms with E-state index in [1.54, 1.807) is 11.6 Å². The van der Waals surface area contributed by atoms with Gasteiger partial charge in [0.1, 0.15) is 18.2 Å². The summed E-state index contributed by atoms with van der Waals surface area (Å²) < 4.78 is 15.5. The molecule has 9 aliphatic rings. The van der Waals surface area contributed by atoms with Gasteiger partial charge in [-0.25, -0.2) is 29.0 Å². The number of rotatable bonds is 17. The van der Waals surface area contributed by atoms with Gasteiger partial charge in [0, 0.05) is 135 Å². The molecular weight excluding hydrogens is 2020 g/mol. The number of nitrogen functional groups attached to an aromatic ring is 1. The van der Waals surface area contributed by atoms with Gasteiger partial charge in [-0.05, 0) is 232 Å². The smallest absolute Gasteiger partial charge is 1.00 e. The number of piperidine rings is 2. The number of halogens is 3. The fourth-order valence-corrected chi connectivity index (χ4v) is 16.0. The number of para-hydroxylation sites is 5. The van der Waals surface area contributed by atoms with Gasteiger partial charge in [0.2, 0.25) is 23.0 Å². The molecule has 5 saturated carbocycles. The largest absolute Gasteiger partial charge is 1.00 e. The molecule has 29 nitrogen and oxygen atoms in total. The molecule has 8 N–H and O–H groups in total. The Morgan fingerprint density at radius 3 is 1.20 bits per heavy atom. The van der Waals surface area contributed by atoms with Crippen LogP contribution in [-0.2, 0) is 86.5 Å². The summed E-state index contributed by atoms with van der Waals surface area (Å²) in [5.41, 5.74) is 23.1. The van der Waals surface area contributed by atoms with E-state index in [9.17, 15) is 43.2 Å². The second-order valence-electron chi connectivity index (χ2n) is 32.7. The molecule has 7 fully saturated rings. The quantitative estimate of drug-likeness (QED) is 0.00989. The molecule has 4 heterocycles. The fourth-order valence-electron chi connectivity index (χ4n) is 15.9. The van der Waals surface area contributed by atoms with E-state index >= 15 is 0 Å². The summed E-state index contributed by atoms with van der Waals surface area (Å²) in [6.45, 7) is 21.5. The fraction of sp³-hybridized carbons (Fsp3) is 0.526. The summed E-state index contributed by atoms with van der Waals surface area (Å²) in [6.07, 6.45) is 27.2. The molecule has 37 heteroatoms. The summed E-state index contributed by atoms with van der Waals surface area (Å²) in [4.78, 5) is 120. The number of alkyl halides is 2. The Hall–Kier alpha value is -4.82. The van der Waals surface area contributed by atoms with Crippen molar-refractivity contribution in [2.45, 2.75) is 267 Å². The molecule has 7 aromatic rings. The number of ether oxygens (including phenoxy) is 2. The van der Waals surface area contributed by atoms with Gasteiger partial charge in [0.15, 0.2) is 11.4 Å². The summed E-state index contributed by atoms with van der Waals surface area (Å²) >= 11 is 15.1. The Bertz CT molecular complexity index is 4550. The number of ketones is 1. The molecular formula is C97H136BCl3Cs2LiN11NaO18. The number of esters is 2. The van der Waals surface area contributed by atoms with Crippen molar-refractivity contribution < 1.29 is 275 Å². The maximum Gasteiger partial charge on any atom is 1.00 e. The number of nitrogens with one attached hydrogen (secondary N) is 5. The van der Waals surface area contributed by atoms with E-state index < -0.39 is 23.2 Å². The standard InChI is InChI=1S/C24H30N4O3.C14H19ClN2O.2C13H19N.C10H12N2O2.C7H9N.C6H10O.C4H6O4.C2H3BO2.C2H2Cl2O.CH2O3.CH4.2Cs.Li.Na.H2O.H/c1-3-31-24(30)23-22-18-12-16(18)13-20(22)28(26-23)14-21(29)27-10-8-17(9-11-27)25-19-7-5-4-6-15(19)2;1-11-4-2-3-5-13(11)16-12-6-8-17(9-7-12)14(18)10-15;2*1-11-7-5-6-10-13(11)14-12-8-3-2-4-9-12;1-2-14-10(13)9-8-6-3-5(6)4-7(8)11-12-9;1-6-4-2-3-5-7(6)8;7-6-4-2-1-3-5-6;1-3(5)7-8-4(2)6;1-2(4)5-3;3-1-2(4)5;2-1-4-3;;;;;;;/h4-7,16-18,25H,3,8-14H2,1-2H3;2-5,12,16H,6-10H2,1H3;2*5-7,10,12,14H,2-4,8-9H2,1H3;5-6H,2-4H2,1H3,(H,11,12);2-5H,8H2,1H3;1-5H2;1-2H3;1H3;1H2;1,3H;1H4;;;;;1H2;/q;;;;;;;;-1;;;;4*+1;;-1/p-2/t16-,18-;;;;5-,6-;;;;;;;;;;;;;/m1...1............./s1. The van der Waals surface area contributed by atoms with Gasteiger partial charge < -0.3 is 76.0 Å². The van der Waals surface area contributed by atoms with E-state index in [1.807, 2.05) is 72.2 Å². The molecule has 715 valence electrons. The van der Waals surface area contributed by atoms with Gasteiger partial charge in [-0.15, -0.1) is 23.2 Å². The number of aromatic amines is 1. The van der Waals surface area contributed by atoms with Gasteiger partial charge in [-0.1, -0.05) is 143 Å². The van der Waals surface area contributed by atoms with E-state index in [0.29, 0.717) is 72.3 Å². The van der Waals surface area contributed by atoms with Gasteiger partial charge in [0.25, 0.3) is 6.47 Å². The molecule has 2 aliphatic heterocycles. The predicted octanol–water partition coefficient (Wildman–Crippen LogP) is 5.26. The number of benzene rings is 5. The topological polar surface area (TPSA) is 406 Å². The molecule has 134 heavy (non-hydrogen) atoms. The second-order valence-corrected chi connectivity index (χ2v) is 33.7.